The van der Waals surface area contributed by atoms with E-state index in [2.05, 4.69) is 141 Å². The van der Waals surface area contributed by atoms with E-state index in [9.17, 15) is 0 Å². The van der Waals surface area contributed by atoms with E-state index in [1.54, 1.807) is 36.1 Å². The lowest BCUT2D eigenvalue weighted by molar-refractivity contribution is 0.319. The molecular formula is C63H44Cl3N13O3S3. The number of nitrogens with two attached hydrogens (primary N) is 2. The summed E-state index contributed by atoms with van der Waals surface area (Å²) in [5.41, 5.74) is 23.9. The van der Waals surface area contributed by atoms with Crippen LogP contribution in [0.3, 0.4) is 0 Å². The number of nitrogens with one attached hydrogen (secondary N) is 3. The van der Waals surface area contributed by atoms with Crippen LogP contribution in [0.1, 0.15) is 10.8 Å². The Kier molecular flexibility index (Phi) is 16.4. The van der Waals surface area contributed by atoms with Crippen LogP contribution in [0.4, 0.5) is 40.1 Å². The molecule has 16 nitrogen and oxygen atoms in total. The molecule has 6 aromatic carbocycles. The first kappa shape index (κ1) is 55.8. The standard InChI is InChI=1S/C22H13Cl3N4OS.C21H15N5OS.C20H16N4OS/c23-22(24,25)21-28-20(29-30-21)18-10-16-17(11-26-12-19(16)31-18)27-15-8-6-14(7-9-15)13-4-2-1-3-5-13;22-21-25-20(26-27-21)18-10-16-17(11-23-12-19(16)28-18)24-15-8-6-14(7-9-15)13-4-2-1-3-5-13;21-20(24-25)18-10-16-17(11-22-12-19(16)26-18)23-15-8-6-14(7-9-15)13-4-2-1-3-5-13/h1-12,27H;1-12,24H,(H2,22,25,26);1-12,23,25H,(H2,21,24). The Hall–Kier alpha value is -9.73. The zero-order chi connectivity index (χ0) is 58.3. The number of alkyl halides is 3. The Labute approximate surface area is 512 Å². The van der Waals surface area contributed by atoms with Gasteiger partial charge in [0.05, 0.1) is 64.4 Å². The van der Waals surface area contributed by atoms with Gasteiger partial charge in [0.25, 0.3) is 9.68 Å². The molecule has 8 N–H and O–H groups in total. The predicted molar refractivity (Wildman–Crippen MR) is 347 cm³/mol. The molecule has 85 heavy (non-hydrogen) atoms. The molecule has 14 rings (SSSR count). The number of hydrogen-bond acceptors (Lipinski definition) is 18. The largest absolute Gasteiger partial charge is 0.409 e. The average Bonchev–Trinajstić information content (AvgIpc) is 4.62. The first-order valence-corrected chi connectivity index (χ1v) is 29.5. The Bertz CT molecular complexity index is 4600. The summed E-state index contributed by atoms with van der Waals surface area (Å²) in [5.74, 6) is 0.877. The molecule has 0 aliphatic heterocycles. The molecule has 22 heteroatoms. The highest BCUT2D eigenvalue weighted by Gasteiger charge is 2.31. The van der Waals surface area contributed by atoms with Crippen LogP contribution in [0.25, 0.3) is 85.0 Å². The summed E-state index contributed by atoms with van der Waals surface area (Å²) in [6, 6.07) is 61.6. The number of nitrogen functional groups attached to an aromatic ring is 1. The van der Waals surface area contributed by atoms with Gasteiger partial charge in [0.2, 0.25) is 11.6 Å². The van der Waals surface area contributed by atoms with Gasteiger partial charge >= 0.3 is 6.01 Å². The van der Waals surface area contributed by atoms with Crippen molar-refractivity contribution in [1.29, 1.82) is 0 Å². The van der Waals surface area contributed by atoms with Gasteiger partial charge < -0.3 is 41.7 Å². The van der Waals surface area contributed by atoms with Crippen LogP contribution >= 0.6 is 68.8 Å². The van der Waals surface area contributed by atoms with Gasteiger partial charge in [-0.25, -0.2) is 0 Å². The first-order valence-electron chi connectivity index (χ1n) is 25.9. The van der Waals surface area contributed by atoms with E-state index < -0.39 is 3.79 Å². The molecule has 14 aromatic rings. The van der Waals surface area contributed by atoms with Crippen LogP contribution < -0.4 is 27.4 Å². The fourth-order valence-electron chi connectivity index (χ4n) is 8.95. The number of amidine groups is 1. The van der Waals surface area contributed by atoms with Gasteiger partial charge in [0.15, 0.2) is 5.84 Å². The Balaban J connectivity index is 0.000000126. The number of thiophene rings is 3. The third-order valence-corrected chi connectivity index (χ3v) is 16.8. The van der Waals surface area contributed by atoms with Gasteiger partial charge in [-0.2, -0.15) is 9.97 Å². The summed E-state index contributed by atoms with van der Waals surface area (Å²) in [6.07, 6.45) is 10.8. The van der Waals surface area contributed by atoms with Gasteiger partial charge in [-0.15, -0.1) is 34.0 Å². The second-order valence-corrected chi connectivity index (χ2v) is 24.2. The fraction of sp³-hybridized carbons (Fsp3) is 0.0159. The highest BCUT2D eigenvalue weighted by atomic mass is 35.6. The van der Waals surface area contributed by atoms with Gasteiger partial charge in [-0.1, -0.05) is 178 Å². The van der Waals surface area contributed by atoms with E-state index in [0.717, 1.165) is 85.3 Å². The number of benzene rings is 6. The van der Waals surface area contributed by atoms with Crippen molar-refractivity contribution in [3.8, 4) is 54.8 Å². The molecule has 0 bridgehead atoms. The molecule has 418 valence electrons. The molecule has 0 spiro atoms. The lowest BCUT2D eigenvalue weighted by Gasteiger charge is -2.08. The molecular weight excluding hydrogens is 1190 g/mol. The van der Waals surface area contributed by atoms with Gasteiger partial charge in [0, 0.05) is 51.8 Å². The zero-order valence-corrected chi connectivity index (χ0v) is 48.9. The second-order valence-electron chi connectivity index (χ2n) is 18.7. The lowest BCUT2D eigenvalue weighted by Crippen LogP contribution is -2.10. The SMILES string of the molecule is ClC(Cl)(Cl)c1nc(-c2cc3c(Nc4ccc(-c5ccccc5)cc4)cncc3s2)no1.N/C(=N\O)c1cc2c(Nc3ccc(-c4ccccc4)cc3)cncc2s1.Nc1nc(-c2cc3c(Nc4ccc(-c5ccccc5)cc4)cncc3s2)no1. The van der Waals surface area contributed by atoms with Crippen molar-refractivity contribution in [1.82, 2.24) is 35.2 Å². The molecule has 0 unspecified atom stereocenters. The van der Waals surface area contributed by atoms with Gasteiger partial charge in [-0.3, -0.25) is 15.0 Å². The minimum absolute atomic E-state index is 0.0578. The zero-order valence-electron chi connectivity index (χ0n) is 44.1. The van der Waals surface area contributed by atoms with E-state index in [4.69, 9.17) is 60.5 Å². The number of rotatable bonds is 12. The molecule has 0 aliphatic rings. The summed E-state index contributed by atoms with van der Waals surface area (Å²) < 4.78 is 11.2. The summed E-state index contributed by atoms with van der Waals surface area (Å²) >= 11 is 21.9. The fourth-order valence-corrected chi connectivity index (χ4v) is 12.1. The van der Waals surface area contributed by atoms with Gasteiger partial charge in [-0.05, 0) is 88.0 Å². The minimum atomic E-state index is -1.76. The highest BCUT2D eigenvalue weighted by Crippen LogP contribution is 2.42. The van der Waals surface area contributed by atoms with Crippen LogP contribution in [0.2, 0.25) is 0 Å². The summed E-state index contributed by atoms with van der Waals surface area (Å²) in [4.78, 5) is 23.6. The van der Waals surface area contributed by atoms with E-state index >= 15 is 0 Å². The molecule has 0 saturated carbocycles. The van der Waals surface area contributed by atoms with E-state index in [1.165, 1.54) is 44.9 Å². The van der Waals surface area contributed by atoms with Gasteiger partial charge in [0.1, 0.15) is 0 Å². The van der Waals surface area contributed by atoms with Crippen molar-refractivity contribution in [2.75, 3.05) is 21.7 Å². The summed E-state index contributed by atoms with van der Waals surface area (Å²) in [6.45, 7) is 0. The molecule has 0 saturated heterocycles. The molecule has 8 aromatic heterocycles. The molecule has 0 atom stereocenters. The number of anilines is 7. The molecule has 0 amide bonds. The summed E-state index contributed by atoms with van der Waals surface area (Å²) in [7, 11) is 0. The maximum absolute atomic E-state index is 8.88. The quantitative estimate of drug-likeness (QED) is 0.0219. The van der Waals surface area contributed by atoms with E-state index in [0.29, 0.717) is 16.5 Å². The normalized spacial score (nSPS) is 11.4. The van der Waals surface area contributed by atoms with Crippen LogP contribution in [-0.4, -0.2) is 46.3 Å². The number of pyridine rings is 3. The van der Waals surface area contributed by atoms with E-state index in [1.807, 2.05) is 109 Å². The molecule has 0 fully saturated rings. The first-order chi connectivity index (χ1) is 41.5. The predicted octanol–water partition coefficient (Wildman–Crippen LogP) is 17.7. The minimum Gasteiger partial charge on any atom is -0.409 e. The highest BCUT2D eigenvalue weighted by molar-refractivity contribution is 7.22. The molecule has 0 aliphatic carbocycles. The monoisotopic (exact) mass is 1230 g/mol. The molecule has 8 heterocycles. The lowest BCUT2D eigenvalue weighted by atomic mass is 10.1. The van der Waals surface area contributed by atoms with E-state index in [-0.39, 0.29) is 17.7 Å². The third kappa shape index (κ3) is 13.1. The Morgan fingerprint density at radius 2 is 0.824 bits per heavy atom. The maximum Gasteiger partial charge on any atom is 0.319 e. The number of fused-ring (bicyclic) bond motifs is 3. The number of nitrogens with zero attached hydrogens (tertiary/aromatic N) is 8. The van der Waals surface area contributed by atoms with Crippen LogP contribution in [0, 0.1) is 0 Å². The van der Waals surface area contributed by atoms with Crippen LogP contribution in [0.5, 0.6) is 0 Å². The van der Waals surface area contributed by atoms with Crippen LogP contribution in [0.15, 0.2) is 233 Å². The number of halogens is 3. The number of hydrogen-bond donors (Lipinski definition) is 6. The topological polar surface area (TPSA) is 237 Å². The van der Waals surface area contributed by atoms with Crippen molar-refractivity contribution >= 4 is 145 Å². The maximum atomic E-state index is 8.88. The van der Waals surface area contributed by atoms with Crippen molar-refractivity contribution in [2.24, 2.45) is 10.9 Å². The average molecular weight is 1230 g/mol. The third-order valence-electron chi connectivity index (χ3n) is 13.1. The second kappa shape index (κ2) is 25.0. The summed E-state index contributed by atoms with van der Waals surface area (Å²) in [5, 5.41) is 33.1. The van der Waals surface area contributed by atoms with Crippen molar-refractivity contribution in [2.45, 2.75) is 3.79 Å². The molecule has 0 radical (unpaired) electrons. The van der Waals surface area contributed by atoms with Crippen molar-refractivity contribution < 1.29 is 14.3 Å². The van der Waals surface area contributed by atoms with Crippen molar-refractivity contribution in [3.63, 3.8) is 0 Å². The number of oxime groups is 1. The Morgan fingerprint density at radius 3 is 1.19 bits per heavy atom. The van der Waals surface area contributed by atoms with Crippen LogP contribution in [-0.2, 0) is 3.79 Å². The Morgan fingerprint density at radius 1 is 0.459 bits per heavy atom. The smallest absolute Gasteiger partial charge is 0.319 e. The number of aromatic nitrogens is 7. The van der Waals surface area contributed by atoms with Crippen molar-refractivity contribution in [3.05, 3.63) is 230 Å².